The minimum atomic E-state index is -0.589. The summed E-state index contributed by atoms with van der Waals surface area (Å²) >= 11 is 16.6. The maximum atomic E-state index is 13.0. The Morgan fingerprint density at radius 2 is 1.70 bits per heavy atom. The lowest BCUT2D eigenvalue weighted by molar-refractivity contribution is -0.123. The molecule has 0 atom stereocenters. The van der Waals surface area contributed by atoms with Gasteiger partial charge in [-0.3, -0.25) is 14.5 Å². The van der Waals surface area contributed by atoms with Gasteiger partial charge in [0.05, 0.1) is 35.7 Å². The Labute approximate surface area is 235 Å². The van der Waals surface area contributed by atoms with E-state index in [2.05, 4.69) is 15.9 Å². The summed E-state index contributed by atoms with van der Waals surface area (Å²) in [5.41, 5.74) is 1.36. The van der Waals surface area contributed by atoms with E-state index in [1.807, 2.05) is 0 Å². The molecule has 7 nitrogen and oxygen atoms in total. The monoisotopic (exact) mass is 621 g/mol. The van der Waals surface area contributed by atoms with Crippen LogP contribution in [0.3, 0.4) is 0 Å². The zero-order valence-corrected chi connectivity index (χ0v) is 23.3. The lowest BCUT2D eigenvalue weighted by Crippen LogP contribution is -2.27. The molecule has 1 aliphatic heterocycles. The number of benzene rings is 3. The van der Waals surface area contributed by atoms with E-state index in [1.54, 1.807) is 60.7 Å². The second-order valence-corrected chi connectivity index (χ2v) is 10.3. The predicted octanol–water partition coefficient (Wildman–Crippen LogP) is 7.23. The number of nitrogens with zero attached hydrogens (tertiary/aromatic N) is 1. The van der Waals surface area contributed by atoms with Crippen molar-refractivity contribution in [3.05, 3.63) is 90.7 Å². The van der Waals surface area contributed by atoms with Crippen LogP contribution < -0.4 is 14.2 Å². The highest BCUT2D eigenvalue weighted by molar-refractivity contribution is 9.10. The van der Waals surface area contributed by atoms with Crippen molar-refractivity contribution in [2.45, 2.75) is 6.54 Å². The van der Waals surface area contributed by atoms with E-state index in [4.69, 9.17) is 37.4 Å². The van der Waals surface area contributed by atoms with Gasteiger partial charge in [0.15, 0.2) is 11.5 Å². The van der Waals surface area contributed by atoms with Crippen molar-refractivity contribution in [3.8, 4) is 17.2 Å². The van der Waals surface area contributed by atoms with Crippen LogP contribution in [-0.4, -0.2) is 36.2 Å². The summed E-state index contributed by atoms with van der Waals surface area (Å²) < 4.78 is 16.5. The normalized spacial score (nSPS) is 14.3. The molecule has 190 valence electrons. The molecular formula is C26H18BrCl2NO6S. The number of imide groups is 1. The van der Waals surface area contributed by atoms with Crippen molar-refractivity contribution >= 4 is 74.1 Å². The molecule has 37 heavy (non-hydrogen) atoms. The molecule has 11 heteroatoms. The van der Waals surface area contributed by atoms with Crippen molar-refractivity contribution in [2.24, 2.45) is 0 Å². The van der Waals surface area contributed by atoms with Gasteiger partial charge in [0.25, 0.3) is 11.1 Å². The van der Waals surface area contributed by atoms with E-state index in [0.29, 0.717) is 37.0 Å². The van der Waals surface area contributed by atoms with Crippen molar-refractivity contribution in [3.63, 3.8) is 0 Å². The third-order valence-electron chi connectivity index (χ3n) is 5.32. The Bertz CT molecular complexity index is 1410. The number of amides is 2. The molecule has 0 spiro atoms. The van der Waals surface area contributed by atoms with Crippen LogP contribution >= 0.6 is 50.9 Å². The van der Waals surface area contributed by atoms with E-state index in [9.17, 15) is 14.4 Å². The average molecular weight is 623 g/mol. The largest absolute Gasteiger partial charge is 0.497 e. The summed E-state index contributed by atoms with van der Waals surface area (Å²) in [7, 11) is 2.96. The van der Waals surface area contributed by atoms with Gasteiger partial charge < -0.3 is 14.2 Å². The number of carbonyl (C=O) groups excluding carboxylic acids is 3. The highest BCUT2D eigenvalue weighted by Crippen LogP contribution is 2.40. The fourth-order valence-corrected chi connectivity index (χ4v) is 5.33. The molecule has 3 aromatic rings. The fourth-order valence-electron chi connectivity index (χ4n) is 3.43. The van der Waals surface area contributed by atoms with E-state index in [0.717, 1.165) is 16.7 Å². The number of methoxy groups -OCH3 is 2. The topological polar surface area (TPSA) is 82.1 Å². The molecule has 0 N–H and O–H groups in total. The zero-order valence-electron chi connectivity index (χ0n) is 19.4. The minimum absolute atomic E-state index is 0.0478. The molecule has 0 bridgehead atoms. The Kier molecular flexibility index (Phi) is 8.49. The number of hydrogen-bond donors (Lipinski definition) is 0. The first-order valence-electron chi connectivity index (χ1n) is 10.6. The van der Waals surface area contributed by atoms with Gasteiger partial charge in [0, 0.05) is 15.6 Å². The van der Waals surface area contributed by atoms with Crippen molar-refractivity contribution in [1.29, 1.82) is 0 Å². The van der Waals surface area contributed by atoms with Gasteiger partial charge in [-0.1, -0.05) is 29.3 Å². The first-order valence-corrected chi connectivity index (χ1v) is 13.0. The maximum absolute atomic E-state index is 13.0. The van der Waals surface area contributed by atoms with Crippen molar-refractivity contribution in [1.82, 2.24) is 4.90 Å². The standard InChI is InChI=1S/C26H18BrCl2NO6S/c1-34-16-8-6-15(7-9-16)25(32)36-23-18(27)10-14(11-21(23)35-2)12-22-24(31)30(26(33)37-22)13-17-19(28)4-3-5-20(17)29/h3-12H,13H2,1-2H3/b22-12-. The van der Waals surface area contributed by atoms with Crippen molar-refractivity contribution in [2.75, 3.05) is 14.2 Å². The van der Waals surface area contributed by atoms with Crippen LogP contribution in [0.5, 0.6) is 17.2 Å². The van der Waals surface area contributed by atoms with Crippen LogP contribution in [0.2, 0.25) is 10.0 Å². The lowest BCUT2D eigenvalue weighted by atomic mass is 10.1. The summed E-state index contributed by atoms with van der Waals surface area (Å²) in [6.07, 6.45) is 1.56. The molecule has 1 aliphatic rings. The molecule has 0 radical (unpaired) electrons. The maximum Gasteiger partial charge on any atom is 0.343 e. The van der Waals surface area contributed by atoms with E-state index >= 15 is 0 Å². The Morgan fingerprint density at radius 3 is 2.32 bits per heavy atom. The number of esters is 1. The Balaban J connectivity index is 1.56. The lowest BCUT2D eigenvalue weighted by Gasteiger charge is -2.15. The molecular weight excluding hydrogens is 605 g/mol. The van der Waals surface area contributed by atoms with Gasteiger partial charge in [0.2, 0.25) is 0 Å². The van der Waals surface area contributed by atoms with Crippen LogP contribution in [0, 0.1) is 0 Å². The van der Waals surface area contributed by atoms with Gasteiger partial charge in [-0.25, -0.2) is 4.79 Å². The smallest absolute Gasteiger partial charge is 0.343 e. The van der Waals surface area contributed by atoms with E-state index in [1.165, 1.54) is 14.2 Å². The van der Waals surface area contributed by atoms with Gasteiger partial charge in [-0.2, -0.15) is 0 Å². The predicted molar refractivity (Wildman–Crippen MR) is 147 cm³/mol. The fraction of sp³-hybridized carbons (Fsp3) is 0.115. The molecule has 0 saturated carbocycles. The molecule has 0 aromatic heterocycles. The summed E-state index contributed by atoms with van der Waals surface area (Å²) in [5.74, 6) is -0.0321. The Morgan fingerprint density at radius 1 is 1.03 bits per heavy atom. The zero-order chi connectivity index (χ0) is 26.7. The molecule has 1 heterocycles. The van der Waals surface area contributed by atoms with Crippen LogP contribution in [0.25, 0.3) is 6.08 Å². The molecule has 2 amide bonds. The van der Waals surface area contributed by atoms with E-state index in [-0.39, 0.29) is 22.9 Å². The average Bonchev–Trinajstić information content (AvgIpc) is 3.14. The molecule has 1 saturated heterocycles. The van der Waals surface area contributed by atoms with Gasteiger partial charge in [-0.05, 0) is 87.9 Å². The number of hydrogen-bond acceptors (Lipinski definition) is 7. The summed E-state index contributed by atoms with van der Waals surface area (Å²) in [6, 6.07) is 14.7. The number of rotatable bonds is 7. The second-order valence-electron chi connectivity index (χ2n) is 7.62. The second kappa shape index (κ2) is 11.6. The number of thioether (sulfide) groups is 1. The first-order chi connectivity index (χ1) is 17.7. The van der Waals surface area contributed by atoms with Gasteiger partial charge >= 0.3 is 5.97 Å². The summed E-state index contributed by atoms with van der Waals surface area (Å²) in [6.45, 7) is -0.0478. The number of carbonyl (C=O) groups is 3. The van der Waals surface area contributed by atoms with Crippen molar-refractivity contribution < 1.29 is 28.6 Å². The number of ether oxygens (including phenoxy) is 3. The van der Waals surface area contributed by atoms with Gasteiger partial charge in [-0.15, -0.1) is 0 Å². The molecule has 3 aromatic carbocycles. The van der Waals surface area contributed by atoms with Crippen LogP contribution in [0.1, 0.15) is 21.5 Å². The summed E-state index contributed by atoms with van der Waals surface area (Å²) in [5, 5.41) is 0.288. The molecule has 0 unspecified atom stereocenters. The quantitative estimate of drug-likeness (QED) is 0.156. The van der Waals surface area contributed by atoms with Crippen LogP contribution in [-0.2, 0) is 11.3 Å². The highest BCUT2D eigenvalue weighted by atomic mass is 79.9. The molecule has 1 fully saturated rings. The van der Waals surface area contributed by atoms with Gasteiger partial charge in [0.1, 0.15) is 5.75 Å². The third-order valence-corrected chi connectivity index (χ3v) is 7.53. The molecule has 4 rings (SSSR count). The third kappa shape index (κ3) is 5.96. The minimum Gasteiger partial charge on any atom is -0.497 e. The Hall–Kier alpha value is -2.98. The number of halogens is 3. The van der Waals surface area contributed by atoms with Crippen LogP contribution in [0.4, 0.5) is 4.79 Å². The van der Waals surface area contributed by atoms with E-state index < -0.39 is 17.1 Å². The highest BCUT2D eigenvalue weighted by Gasteiger charge is 2.36. The molecule has 0 aliphatic carbocycles. The SMILES string of the molecule is COc1ccc(C(=O)Oc2c(Br)cc(/C=C3\SC(=O)N(Cc4c(Cl)cccc4Cl)C3=O)cc2OC)cc1. The van der Waals surface area contributed by atoms with Crippen LogP contribution in [0.15, 0.2) is 64.0 Å². The first kappa shape index (κ1) is 27.1. The summed E-state index contributed by atoms with van der Waals surface area (Å²) in [4.78, 5) is 39.6.